The Labute approximate surface area is 257 Å². The zero-order valence-corrected chi connectivity index (χ0v) is 28.6. The first-order valence-corrected chi connectivity index (χ1v) is 16.6. The lowest BCUT2D eigenvalue weighted by Gasteiger charge is -2.37. The molecule has 42 heavy (non-hydrogen) atoms. The van der Waals surface area contributed by atoms with E-state index in [0.717, 1.165) is 59.5 Å². The summed E-state index contributed by atoms with van der Waals surface area (Å²) in [6.07, 6.45) is 14.1. The van der Waals surface area contributed by atoms with Crippen molar-refractivity contribution in [2.45, 2.75) is 151 Å². The van der Waals surface area contributed by atoms with Crippen molar-refractivity contribution in [2.24, 2.45) is 17.8 Å². The summed E-state index contributed by atoms with van der Waals surface area (Å²) in [6, 6.07) is 6.49. The van der Waals surface area contributed by atoms with E-state index in [4.69, 9.17) is 4.74 Å². The molecule has 4 heteroatoms. The van der Waals surface area contributed by atoms with Crippen LogP contribution in [0.1, 0.15) is 142 Å². The van der Waals surface area contributed by atoms with Crippen molar-refractivity contribution in [1.82, 2.24) is 0 Å². The van der Waals surface area contributed by atoms with Gasteiger partial charge in [-0.15, -0.1) is 0 Å². The first-order valence-electron chi connectivity index (χ1n) is 16.6. The lowest BCUT2D eigenvalue weighted by molar-refractivity contribution is 0.0514. The topological polar surface area (TPSA) is 69.9 Å². The smallest absolute Gasteiger partial charge is 0.126 e. The van der Waals surface area contributed by atoms with E-state index < -0.39 is 0 Å². The largest absolute Gasteiger partial charge is 0.508 e. The van der Waals surface area contributed by atoms with E-state index in [2.05, 4.69) is 41.5 Å². The summed E-state index contributed by atoms with van der Waals surface area (Å²) < 4.78 is 6.52. The van der Waals surface area contributed by atoms with Crippen molar-refractivity contribution in [1.29, 1.82) is 0 Å². The number of hydrogen-bond acceptors (Lipinski definition) is 4. The van der Waals surface area contributed by atoms with Crippen molar-refractivity contribution in [2.75, 3.05) is 0 Å². The van der Waals surface area contributed by atoms with Crippen LogP contribution in [0.5, 0.6) is 23.0 Å². The fraction of sp³-hybridized carbons (Fsp3) is 0.684. The van der Waals surface area contributed by atoms with Crippen LogP contribution in [0.4, 0.5) is 0 Å². The Bertz CT molecular complexity index is 1110. The Kier molecular flexibility index (Phi) is 13.6. The van der Waals surface area contributed by atoms with E-state index in [1.165, 1.54) is 69.1 Å². The Hall–Kier alpha value is -2.36. The maximum absolute atomic E-state index is 10.1. The van der Waals surface area contributed by atoms with E-state index in [0.29, 0.717) is 5.75 Å². The van der Waals surface area contributed by atoms with Crippen molar-refractivity contribution in [3.05, 3.63) is 46.5 Å². The average Bonchev–Trinajstić information content (AvgIpc) is 2.89. The average molecular weight is 583 g/mol. The van der Waals surface area contributed by atoms with Gasteiger partial charge in [0.05, 0.1) is 0 Å². The van der Waals surface area contributed by atoms with Crippen LogP contribution in [0, 0.1) is 31.6 Å². The van der Waals surface area contributed by atoms with Crippen molar-refractivity contribution >= 4 is 0 Å². The van der Waals surface area contributed by atoms with Gasteiger partial charge in [-0.2, -0.15) is 0 Å². The van der Waals surface area contributed by atoms with Crippen LogP contribution in [0.3, 0.4) is 0 Å². The highest BCUT2D eigenvalue weighted by atomic mass is 16.5. The summed E-state index contributed by atoms with van der Waals surface area (Å²) in [7, 11) is 0. The zero-order chi connectivity index (χ0) is 31.7. The van der Waals surface area contributed by atoms with Crippen LogP contribution in [0.2, 0.25) is 0 Å². The zero-order valence-electron chi connectivity index (χ0n) is 28.6. The fourth-order valence-corrected chi connectivity index (χ4v) is 6.07. The first kappa shape index (κ1) is 35.8. The van der Waals surface area contributed by atoms with Gasteiger partial charge in [-0.05, 0) is 111 Å². The van der Waals surface area contributed by atoms with E-state index in [9.17, 15) is 15.3 Å². The number of aromatic hydroxyl groups is 3. The van der Waals surface area contributed by atoms with Crippen LogP contribution in [-0.2, 0) is 11.8 Å². The molecule has 3 atom stereocenters. The third-order valence-electron chi connectivity index (χ3n) is 9.22. The Morgan fingerprint density at radius 2 is 1.36 bits per heavy atom. The SMILES string of the molecule is CC(C)(C)c1cc(O)ccc1O.Cc1c(O)cc2c(c1C)O[C@](C)(CCCC(C)CCCC(C)CCCC(C)C)CC2. The molecule has 3 N–H and O–H groups in total. The summed E-state index contributed by atoms with van der Waals surface area (Å²) in [5.74, 6) is 4.41. The van der Waals surface area contributed by atoms with Gasteiger partial charge in [-0.3, -0.25) is 0 Å². The standard InChI is InChI=1S/C28H48O2.C10H14O2/c1-20(2)11-8-12-21(3)13-9-14-22(4)15-10-17-28(7)18-16-25-19-26(29)23(5)24(6)27(25)30-28;1-10(2,3)8-6-7(11)4-5-9(8)12/h19-22,29H,8-18H2,1-7H3;4-6,11-12H,1-3H3/t21?,22?,28-;/m1./s1. The summed E-state index contributed by atoms with van der Waals surface area (Å²) in [5, 5.41) is 28.8. The van der Waals surface area contributed by atoms with Gasteiger partial charge >= 0.3 is 0 Å². The van der Waals surface area contributed by atoms with Gasteiger partial charge in [0.15, 0.2) is 0 Å². The van der Waals surface area contributed by atoms with Crippen LogP contribution in [0.15, 0.2) is 24.3 Å². The number of phenolic OH excluding ortho intramolecular Hbond substituents is 3. The number of aryl methyl sites for hydroxylation is 1. The third-order valence-corrected chi connectivity index (χ3v) is 9.22. The van der Waals surface area contributed by atoms with Gasteiger partial charge in [0.1, 0.15) is 28.6 Å². The molecule has 0 aliphatic carbocycles. The number of ether oxygens (including phenoxy) is 1. The maximum Gasteiger partial charge on any atom is 0.126 e. The molecule has 0 saturated heterocycles. The molecule has 1 aliphatic rings. The molecular weight excluding hydrogens is 520 g/mol. The second-order valence-electron chi connectivity index (χ2n) is 15.0. The molecule has 2 unspecified atom stereocenters. The second kappa shape index (κ2) is 15.9. The van der Waals surface area contributed by atoms with E-state index >= 15 is 0 Å². The van der Waals surface area contributed by atoms with Gasteiger partial charge in [-0.25, -0.2) is 0 Å². The van der Waals surface area contributed by atoms with Crippen LogP contribution < -0.4 is 4.74 Å². The highest BCUT2D eigenvalue weighted by Crippen LogP contribution is 2.42. The predicted octanol–water partition coefficient (Wildman–Crippen LogP) is 10.9. The van der Waals surface area contributed by atoms with E-state index in [-0.39, 0.29) is 22.5 Å². The van der Waals surface area contributed by atoms with Crippen LogP contribution >= 0.6 is 0 Å². The monoisotopic (exact) mass is 582 g/mol. The molecule has 0 spiro atoms. The molecule has 3 rings (SSSR count). The maximum atomic E-state index is 10.1. The number of rotatable bonds is 12. The van der Waals surface area contributed by atoms with Crippen LogP contribution in [0.25, 0.3) is 0 Å². The number of fused-ring (bicyclic) bond motifs is 1. The summed E-state index contributed by atoms with van der Waals surface area (Å²) in [6.45, 7) is 21.8. The van der Waals surface area contributed by atoms with E-state index in [1.54, 1.807) is 6.07 Å². The summed E-state index contributed by atoms with van der Waals surface area (Å²) in [5.41, 5.74) is 3.79. The fourth-order valence-electron chi connectivity index (χ4n) is 6.07. The molecule has 2 aromatic carbocycles. The summed E-state index contributed by atoms with van der Waals surface area (Å²) in [4.78, 5) is 0. The lowest BCUT2D eigenvalue weighted by atomic mass is 9.85. The van der Waals surface area contributed by atoms with Gasteiger partial charge < -0.3 is 20.1 Å². The van der Waals surface area contributed by atoms with Crippen molar-refractivity contribution in [3.63, 3.8) is 0 Å². The number of hydrogen-bond donors (Lipinski definition) is 3. The molecule has 238 valence electrons. The first-order chi connectivity index (χ1) is 19.5. The molecule has 2 aromatic rings. The van der Waals surface area contributed by atoms with E-state index in [1.807, 2.05) is 33.8 Å². The Balaban J connectivity index is 0.000000428. The van der Waals surface area contributed by atoms with Gasteiger partial charge in [-0.1, -0.05) is 93.4 Å². The minimum atomic E-state index is -0.136. The Morgan fingerprint density at radius 1 is 0.786 bits per heavy atom. The molecule has 1 aliphatic heterocycles. The molecule has 0 saturated carbocycles. The molecule has 4 nitrogen and oxygen atoms in total. The molecule has 0 radical (unpaired) electrons. The molecule has 0 fully saturated rings. The van der Waals surface area contributed by atoms with Crippen molar-refractivity contribution in [3.8, 4) is 23.0 Å². The lowest BCUT2D eigenvalue weighted by Crippen LogP contribution is -2.36. The van der Waals surface area contributed by atoms with Gasteiger partial charge in [0, 0.05) is 5.56 Å². The van der Waals surface area contributed by atoms with Gasteiger partial charge in [0.25, 0.3) is 0 Å². The third kappa shape index (κ3) is 11.4. The number of benzene rings is 2. The number of phenols is 3. The normalized spacial score (nSPS) is 18.1. The molecule has 0 bridgehead atoms. The second-order valence-corrected chi connectivity index (χ2v) is 15.0. The highest BCUT2D eigenvalue weighted by Gasteiger charge is 2.33. The summed E-state index contributed by atoms with van der Waals surface area (Å²) >= 11 is 0. The molecule has 0 aromatic heterocycles. The minimum Gasteiger partial charge on any atom is -0.508 e. The Morgan fingerprint density at radius 3 is 1.90 bits per heavy atom. The van der Waals surface area contributed by atoms with Crippen molar-refractivity contribution < 1.29 is 20.1 Å². The minimum absolute atomic E-state index is 0.0637. The predicted molar refractivity (Wildman–Crippen MR) is 178 cm³/mol. The molecule has 0 amide bonds. The highest BCUT2D eigenvalue weighted by molar-refractivity contribution is 5.53. The molecular formula is C38H62O4. The van der Waals surface area contributed by atoms with Crippen LogP contribution in [-0.4, -0.2) is 20.9 Å². The molecule has 1 heterocycles. The van der Waals surface area contributed by atoms with Gasteiger partial charge in [0.2, 0.25) is 0 Å². The quantitative estimate of drug-likeness (QED) is 0.218.